The molecule has 0 heterocycles. The van der Waals surface area contributed by atoms with Gasteiger partial charge in [0.1, 0.15) is 11.3 Å². The molecular formula is C15H13F3O3. The second-order valence-electron chi connectivity index (χ2n) is 4.54. The zero-order valence-corrected chi connectivity index (χ0v) is 11.0. The molecule has 112 valence electrons. The van der Waals surface area contributed by atoms with Crippen LogP contribution in [0.1, 0.15) is 23.2 Å². The smallest absolute Gasteiger partial charge is 0.389 e. The van der Waals surface area contributed by atoms with Gasteiger partial charge in [0.15, 0.2) is 0 Å². The second-order valence-corrected chi connectivity index (χ2v) is 4.54. The minimum absolute atomic E-state index is 0.0549. The van der Waals surface area contributed by atoms with Gasteiger partial charge in [-0.3, -0.25) is 0 Å². The molecule has 0 spiro atoms. The minimum atomic E-state index is -4.24. The van der Waals surface area contributed by atoms with Crippen LogP contribution in [-0.2, 0) is 0 Å². The molecule has 0 radical (unpaired) electrons. The maximum absolute atomic E-state index is 12.1. The van der Waals surface area contributed by atoms with Crippen molar-refractivity contribution in [2.45, 2.75) is 19.0 Å². The molecule has 0 fully saturated rings. The Labute approximate surface area is 119 Å². The summed E-state index contributed by atoms with van der Waals surface area (Å²) in [6.07, 6.45) is -5.41. The Morgan fingerprint density at radius 2 is 1.86 bits per heavy atom. The third kappa shape index (κ3) is 3.87. The molecule has 0 aliphatic heterocycles. The fraction of sp³-hybridized carbons (Fsp3) is 0.267. The van der Waals surface area contributed by atoms with Gasteiger partial charge in [-0.1, -0.05) is 30.3 Å². The topological polar surface area (TPSA) is 46.5 Å². The number of carboxylic acid groups (broad SMARTS) is 1. The first-order chi connectivity index (χ1) is 9.88. The van der Waals surface area contributed by atoms with E-state index in [-0.39, 0.29) is 24.3 Å². The number of carbonyl (C=O) groups is 1. The molecule has 0 amide bonds. The average molecular weight is 298 g/mol. The van der Waals surface area contributed by atoms with Gasteiger partial charge in [0.25, 0.3) is 0 Å². The van der Waals surface area contributed by atoms with Crippen molar-refractivity contribution in [2.24, 2.45) is 0 Å². The highest BCUT2D eigenvalue weighted by Crippen LogP contribution is 2.30. The molecule has 0 bridgehead atoms. The van der Waals surface area contributed by atoms with E-state index in [1.807, 2.05) is 0 Å². The summed E-state index contributed by atoms with van der Waals surface area (Å²) in [6, 6.07) is 10.0. The van der Waals surface area contributed by atoms with Crippen molar-refractivity contribution in [1.82, 2.24) is 0 Å². The fourth-order valence-electron chi connectivity index (χ4n) is 2.01. The van der Waals surface area contributed by atoms with Crippen molar-refractivity contribution in [1.29, 1.82) is 0 Å². The van der Waals surface area contributed by atoms with Crippen LogP contribution in [0.15, 0.2) is 36.4 Å². The molecule has 3 nitrogen and oxygen atoms in total. The van der Waals surface area contributed by atoms with Gasteiger partial charge in [0.05, 0.1) is 6.61 Å². The molecule has 0 atom stereocenters. The molecule has 0 saturated carbocycles. The predicted molar refractivity (Wildman–Crippen MR) is 71.7 cm³/mol. The van der Waals surface area contributed by atoms with Gasteiger partial charge in [0, 0.05) is 11.8 Å². The molecular weight excluding hydrogens is 285 g/mol. The highest BCUT2D eigenvalue weighted by molar-refractivity contribution is 6.00. The van der Waals surface area contributed by atoms with E-state index in [4.69, 9.17) is 9.84 Å². The first-order valence-corrected chi connectivity index (χ1v) is 6.33. The summed E-state index contributed by atoms with van der Waals surface area (Å²) in [5.41, 5.74) is -0.0549. The molecule has 0 unspecified atom stereocenters. The van der Waals surface area contributed by atoms with Crippen LogP contribution < -0.4 is 4.74 Å². The van der Waals surface area contributed by atoms with Crippen LogP contribution in [0.4, 0.5) is 13.2 Å². The predicted octanol–water partition coefficient (Wildman–Crippen LogP) is 4.26. The first-order valence-electron chi connectivity index (χ1n) is 6.33. The van der Waals surface area contributed by atoms with Crippen LogP contribution in [0.2, 0.25) is 0 Å². The number of benzene rings is 2. The number of rotatable bonds is 5. The molecule has 0 saturated heterocycles. The van der Waals surface area contributed by atoms with Crippen LogP contribution in [0, 0.1) is 0 Å². The SMILES string of the molecule is O=C(O)c1ccc2ccccc2c1OCCCC(F)(F)F. The summed E-state index contributed by atoms with van der Waals surface area (Å²) in [6.45, 7) is -0.187. The van der Waals surface area contributed by atoms with Crippen LogP contribution in [-0.4, -0.2) is 23.9 Å². The van der Waals surface area contributed by atoms with Gasteiger partial charge in [0.2, 0.25) is 0 Å². The van der Waals surface area contributed by atoms with Crippen LogP contribution >= 0.6 is 0 Å². The largest absolute Gasteiger partial charge is 0.492 e. The van der Waals surface area contributed by atoms with Crippen molar-refractivity contribution in [2.75, 3.05) is 6.61 Å². The van der Waals surface area contributed by atoms with Gasteiger partial charge in [-0.2, -0.15) is 13.2 Å². The quantitative estimate of drug-likeness (QED) is 0.839. The van der Waals surface area contributed by atoms with E-state index >= 15 is 0 Å². The lowest BCUT2D eigenvalue weighted by molar-refractivity contribution is -0.136. The number of halogens is 3. The number of carboxylic acids is 1. The number of aromatic carboxylic acids is 1. The molecule has 1 N–H and O–H groups in total. The van der Waals surface area contributed by atoms with Gasteiger partial charge >= 0.3 is 12.1 Å². The number of ether oxygens (including phenoxy) is 1. The summed E-state index contributed by atoms with van der Waals surface area (Å²) in [4.78, 5) is 11.2. The number of fused-ring (bicyclic) bond motifs is 1. The summed E-state index contributed by atoms with van der Waals surface area (Å²) < 4.78 is 41.6. The number of alkyl halides is 3. The lowest BCUT2D eigenvalue weighted by Crippen LogP contribution is -2.11. The van der Waals surface area contributed by atoms with E-state index in [2.05, 4.69) is 0 Å². The normalized spacial score (nSPS) is 11.6. The molecule has 0 aliphatic rings. The van der Waals surface area contributed by atoms with Crippen LogP contribution in [0.3, 0.4) is 0 Å². The maximum Gasteiger partial charge on any atom is 0.389 e. The molecule has 0 aliphatic carbocycles. The van der Waals surface area contributed by atoms with Gasteiger partial charge in [-0.15, -0.1) is 0 Å². The fourth-order valence-corrected chi connectivity index (χ4v) is 2.01. The standard InChI is InChI=1S/C15H13F3O3/c16-15(17,18)8-3-9-21-13-11-5-2-1-4-10(11)6-7-12(13)14(19)20/h1-2,4-7H,3,8-9H2,(H,19,20). The lowest BCUT2D eigenvalue weighted by Gasteiger charge is -2.13. The van der Waals surface area contributed by atoms with Crippen LogP contribution in [0.5, 0.6) is 5.75 Å². The molecule has 21 heavy (non-hydrogen) atoms. The van der Waals surface area contributed by atoms with Crippen molar-refractivity contribution >= 4 is 16.7 Å². The third-order valence-electron chi connectivity index (χ3n) is 2.96. The highest BCUT2D eigenvalue weighted by atomic mass is 19.4. The molecule has 6 heteroatoms. The van der Waals surface area contributed by atoms with E-state index in [1.165, 1.54) is 6.07 Å². The Hall–Kier alpha value is -2.24. The summed E-state index contributed by atoms with van der Waals surface area (Å²) in [7, 11) is 0. The van der Waals surface area contributed by atoms with Crippen molar-refractivity contribution in [3.05, 3.63) is 42.0 Å². The Bertz CT molecular complexity index is 650. The Morgan fingerprint density at radius 3 is 2.52 bits per heavy atom. The zero-order chi connectivity index (χ0) is 15.5. The van der Waals surface area contributed by atoms with Crippen molar-refractivity contribution in [3.63, 3.8) is 0 Å². The number of hydrogen-bond acceptors (Lipinski definition) is 2. The lowest BCUT2D eigenvalue weighted by atomic mass is 10.1. The minimum Gasteiger partial charge on any atom is -0.492 e. The van der Waals surface area contributed by atoms with E-state index in [0.29, 0.717) is 5.39 Å². The van der Waals surface area contributed by atoms with Crippen molar-refractivity contribution in [3.8, 4) is 5.75 Å². The molecule has 2 rings (SSSR count). The number of hydrogen-bond donors (Lipinski definition) is 1. The summed E-state index contributed by atoms with van der Waals surface area (Å²) in [5.74, 6) is -1.06. The zero-order valence-electron chi connectivity index (χ0n) is 11.0. The van der Waals surface area contributed by atoms with E-state index in [0.717, 1.165) is 5.39 Å². The van der Waals surface area contributed by atoms with E-state index < -0.39 is 18.6 Å². The van der Waals surface area contributed by atoms with Gasteiger partial charge in [-0.05, 0) is 17.9 Å². The Morgan fingerprint density at radius 1 is 1.14 bits per heavy atom. The molecule has 0 aromatic heterocycles. The summed E-state index contributed by atoms with van der Waals surface area (Å²) in [5, 5.41) is 10.5. The van der Waals surface area contributed by atoms with Crippen molar-refractivity contribution < 1.29 is 27.8 Å². The molecule has 2 aromatic rings. The van der Waals surface area contributed by atoms with E-state index in [9.17, 15) is 18.0 Å². The first kappa shape index (κ1) is 15.2. The Balaban J connectivity index is 2.23. The Kier molecular flexibility index (Phi) is 4.35. The van der Waals surface area contributed by atoms with Gasteiger partial charge in [-0.25, -0.2) is 4.79 Å². The van der Waals surface area contributed by atoms with Gasteiger partial charge < -0.3 is 9.84 Å². The van der Waals surface area contributed by atoms with E-state index in [1.54, 1.807) is 30.3 Å². The second kappa shape index (κ2) is 6.03. The monoisotopic (exact) mass is 298 g/mol. The third-order valence-corrected chi connectivity index (χ3v) is 2.96. The highest BCUT2D eigenvalue weighted by Gasteiger charge is 2.26. The maximum atomic E-state index is 12.1. The molecule has 2 aromatic carbocycles. The van der Waals surface area contributed by atoms with Crippen LogP contribution in [0.25, 0.3) is 10.8 Å². The average Bonchev–Trinajstić information content (AvgIpc) is 2.42. The summed E-state index contributed by atoms with van der Waals surface area (Å²) >= 11 is 0.